The van der Waals surface area contributed by atoms with Gasteiger partial charge in [0.2, 0.25) is 5.91 Å². The predicted molar refractivity (Wildman–Crippen MR) is 202 cm³/mol. The van der Waals surface area contributed by atoms with Gasteiger partial charge in [-0.15, -0.1) is 0 Å². The Morgan fingerprint density at radius 2 is 1.94 bits per heavy atom. The normalized spacial score (nSPS) is 19.5. The van der Waals surface area contributed by atoms with Crippen molar-refractivity contribution in [2.75, 3.05) is 78.1 Å². The number of nitrogens with one attached hydrogen (secondary N) is 1. The van der Waals surface area contributed by atoms with E-state index < -0.39 is 12.0 Å². The van der Waals surface area contributed by atoms with Gasteiger partial charge in [-0.2, -0.15) is 9.97 Å². The predicted octanol–water partition coefficient (Wildman–Crippen LogP) is 6.31. The molecule has 0 bridgehead atoms. The lowest BCUT2D eigenvalue weighted by Crippen LogP contribution is -2.58. The number of methoxy groups -OCH3 is 2. The Morgan fingerprint density at radius 3 is 2.62 bits per heavy atom. The molecule has 2 aromatic carbocycles. The lowest BCUT2D eigenvalue weighted by molar-refractivity contribution is -0.125. The molecule has 278 valence electrons. The Balaban J connectivity index is 0.000000514. The summed E-state index contributed by atoms with van der Waals surface area (Å²) in [5.74, 6) is 0.0526. The Hall–Kier alpha value is -3.97. The number of fused-ring (bicyclic) bond motifs is 2. The average molecular weight is 736 g/mol. The number of hydrogen-bond donors (Lipinski definition) is 1. The maximum absolute atomic E-state index is 16.2. The van der Waals surface area contributed by atoms with E-state index in [4.69, 9.17) is 21.1 Å². The minimum absolute atomic E-state index is 0.0321. The number of hydrogen-bond acceptors (Lipinski definition) is 9. The molecule has 2 unspecified atom stereocenters. The van der Waals surface area contributed by atoms with Crippen molar-refractivity contribution in [3.8, 4) is 17.3 Å². The standard InChI is InChI=1S/C33H36ClFN6O3.C6H12FN/c1-4-39(16-17-43-2)14-7-12-26(42)40-15-13-33(19-40)20-41(21-33)31-24-18-36-29(28(35)30(24)37-32(38-31)44-3)23-10-5-8-22-9-6-11-25(34)27(22)23;1-2-6-3-5(7)4-8-6/h5-12,18H,4,13-17,19-21H2,1-3H3;5-6,8H,2-4H2,1H3/b12-7+;. The number of benzene rings is 2. The molecule has 3 aliphatic heterocycles. The summed E-state index contributed by atoms with van der Waals surface area (Å²) in [7, 11) is 3.16. The number of likely N-dealkylation sites (N-methyl/N-ethyl adjacent to an activating group) is 1. The Kier molecular flexibility index (Phi) is 12.2. The molecule has 10 nitrogen and oxygen atoms in total. The van der Waals surface area contributed by atoms with Gasteiger partial charge in [-0.05, 0) is 37.3 Å². The molecule has 3 saturated heterocycles. The van der Waals surface area contributed by atoms with E-state index in [2.05, 4.69) is 43.9 Å². The summed E-state index contributed by atoms with van der Waals surface area (Å²) in [5, 5.41) is 5.74. The van der Waals surface area contributed by atoms with E-state index in [0.717, 1.165) is 43.1 Å². The summed E-state index contributed by atoms with van der Waals surface area (Å²) >= 11 is 6.54. The van der Waals surface area contributed by atoms with Gasteiger partial charge in [-0.1, -0.05) is 61.9 Å². The van der Waals surface area contributed by atoms with Crippen LogP contribution in [0.4, 0.5) is 14.6 Å². The first kappa shape index (κ1) is 37.8. The summed E-state index contributed by atoms with van der Waals surface area (Å²) in [4.78, 5) is 32.7. The van der Waals surface area contributed by atoms with Crippen molar-refractivity contribution >= 4 is 45.0 Å². The Labute approximate surface area is 309 Å². The summed E-state index contributed by atoms with van der Waals surface area (Å²) in [6.07, 6.45) is 7.34. The molecule has 1 amide bonds. The van der Waals surface area contributed by atoms with Gasteiger partial charge in [0.1, 0.15) is 23.2 Å². The van der Waals surface area contributed by atoms with Crippen molar-refractivity contribution in [3.05, 3.63) is 65.6 Å². The highest BCUT2D eigenvalue weighted by atomic mass is 35.5. The van der Waals surface area contributed by atoms with Gasteiger partial charge < -0.3 is 24.6 Å². The fraction of sp³-hybridized carbons (Fsp3) is 0.487. The number of halogens is 3. The summed E-state index contributed by atoms with van der Waals surface area (Å²) in [6.45, 7) is 10.6. The van der Waals surface area contributed by atoms with E-state index in [1.165, 1.54) is 7.11 Å². The van der Waals surface area contributed by atoms with Crippen molar-refractivity contribution in [3.63, 3.8) is 0 Å². The highest BCUT2D eigenvalue weighted by Crippen LogP contribution is 2.44. The second-order valence-electron chi connectivity index (χ2n) is 13.9. The first-order valence-electron chi connectivity index (χ1n) is 18.1. The smallest absolute Gasteiger partial charge is 0.318 e. The van der Waals surface area contributed by atoms with Crippen molar-refractivity contribution < 1.29 is 23.0 Å². The van der Waals surface area contributed by atoms with E-state index in [1.807, 2.05) is 41.3 Å². The maximum atomic E-state index is 16.2. The number of carbonyl (C=O) groups is 1. The van der Waals surface area contributed by atoms with Crippen LogP contribution in [-0.4, -0.2) is 116 Å². The highest BCUT2D eigenvalue weighted by molar-refractivity contribution is 6.36. The van der Waals surface area contributed by atoms with Crippen molar-refractivity contribution in [2.45, 2.75) is 45.3 Å². The van der Waals surface area contributed by atoms with Gasteiger partial charge in [0.05, 0.1) is 19.1 Å². The van der Waals surface area contributed by atoms with Crippen LogP contribution in [0.5, 0.6) is 6.01 Å². The van der Waals surface area contributed by atoms with E-state index in [9.17, 15) is 9.18 Å². The van der Waals surface area contributed by atoms with Gasteiger partial charge >= 0.3 is 6.01 Å². The number of aromatic nitrogens is 3. The van der Waals surface area contributed by atoms with E-state index in [1.54, 1.807) is 25.4 Å². The second-order valence-corrected chi connectivity index (χ2v) is 14.3. The number of carbonyl (C=O) groups excluding carboxylic acids is 1. The number of nitrogens with zero attached hydrogens (tertiary/aromatic N) is 6. The largest absolute Gasteiger partial charge is 0.467 e. The summed E-state index contributed by atoms with van der Waals surface area (Å²) in [6, 6.07) is 11.7. The Bertz CT molecular complexity index is 1900. The number of likely N-dealkylation sites (tertiary alicyclic amines) is 1. The second kappa shape index (κ2) is 16.8. The van der Waals surface area contributed by atoms with Crippen LogP contribution in [0.3, 0.4) is 0 Å². The molecule has 0 aliphatic carbocycles. The van der Waals surface area contributed by atoms with Crippen LogP contribution in [0.1, 0.15) is 33.1 Å². The minimum atomic E-state index is -0.583. The average Bonchev–Trinajstić information content (AvgIpc) is 3.79. The van der Waals surface area contributed by atoms with Crippen LogP contribution in [-0.2, 0) is 9.53 Å². The molecular formula is C39H48ClF2N7O3. The SMILES string of the molecule is CCC1CC(F)CN1.CCN(C/C=C/C(=O)N1CCC2(C1)CN(c1nc(OC)nc3c(F)c(-c4cccc5cccc(Cl)c45)ncc13)C2)CCOC. The molecule has 3 fully saturated rings. The first-order chi connectivity index (χ1) is 25.2. The molecule has 13 heteroatoms. The monoisotopic (exact) mass is 735 g/mol. The van der Waals surface area contributed by atoms with E-state index in [-0.39, 0.29) is 28.5 Å². The number of alkyl halides is 1. The zero-order chi connectivity index (χ0) is 36.8. The van der Waals surface area contributed by atoms with Crippen LogP contribution in [0.2, 0.25) is 5.02 Å². The molecule has 3 aliphatic rings. The van der Waals surface area contributed by atoms with Crippen LogP contribution < -0.4 is 15.0 Å². The third-order valence-electron chi connectivity index (χ3n) is 10.4. The summed E-state index contributed by atoms with van der Waals surface area (Å²) < 4.78 is 39.1. The fourth-order valence-electron chi connectivity index (χ4n) is 7.42. The third kappa shape index (κ3) is 8.15. The van der Waals surface area contributed by atoms with Gasteiger partial charge in [0, 0.05) is 92.6 Å². The van der Waals surface area contributed by atoms with E-state index >= 15 is 4.39 Å². The van der Waals surface area contributed by atoms with Gasteiger partial charge in [-0.25, -0.2) is 8.78 Å². The van der Waals surface area contributed by atoms with Crippen molar-refractivity contribution in [1.29, 1.82) is 0 Å². The molecule has 52 heavy (non-hydrogen) atoms. The minimum Gasteiger partial charge on any atom is -0.467 e. The summed E-state index contributed by atoms with van der Waals surface area (Å²) in [5.41, 5.74) is 0.869. The van der Waals surface area contributed by atoms with Crippen molar-refractivity contribution in [2.24, 2.45) is 5.41 Å². The van der Waals surface area contributed by atoms with Gasteiger partial charge in [0.25, 0.3) is 0 Å². The van der Waals surface area contributed by atoms with Crippen molar-refractivity contribution in [1.82, 2.24) is 30.1 Å². The molecule has 7 rings (SSSR count). The molecule has 2 aromatic heterocycles. The van der Waals surface area contributed by atoms with E-state index in [0.29, 0.717) is 73.7 Å². The third-order valence-corrected chi connectivity index (χ3v) is 10.7. The zero-order valence-electron chi connectivity index (χ0n) is 30.4. The van der Waals surface area contributed by atoms with Crippen LogP contribution >= 0.6 is 11.6 Å². The van der Waals surface area contributed by atoms with Crippen LogP contribution in [0, 0.1) is 11.2 Å². The molecular weight excluding hydrogens is 688 g/mol. The van der Waals surface area contributed by atoms with Gasteiger partial charge in [0.15, 0.2) is 5.82 Å². The fourth-order valence-corrected chi connectivity index (χ4v) is 7.70. The molecule has 1 spiro atoms. The maximum Gasteiger partial charge on any atom is 0.318 e. The lowest BCUT2D eigenvalue weighted by atomic mass is 9.79. The molecule has 0 radical (unpaired) electrons. The highest BCUT2D eigenvalue weighted by Gasteiger charge is 2.49. The number of amides is 1. The first-order valence-corrected chi connectivity index (χ1v) is 18.4. The number of anilines is 1. The zero-order valence-corrected chi connectivity index (χ0v) is 31.1. The Morgan fingerprint density at radius 1 is 1.15 bits per heavy atom. The van der Waals surface area contributed by atoms with Gasteiger partial charge in [-0.3, -0.25) is 14.7 Å². The van der Waals surface area contributed by atoms with Crippen LogP contribution in [0.15, 0.2) is 54.7 Å². The number of pyridine rings is 1. The molecule has 0 saturated carbocycles. The number of ether oxygens (including phenoxy) is 2. The molecule has 4 aromatic rings. The lowest BCUT2D eigenvalue weighted by Gasteiger charge is -2.48. The topological polar surface area (TPSA) is 96.0 Å². The molecule has 5 heterocycles. The van der Waals surface area contributed by atoms with Crippen LogP contribution in [0.25, 0.3) is 32.9 Å². The quantitative estimate of drug-likeness (QED) is 0.178. The molecule has 2 atom stereocenters. The molecule has 1 N–H and O–H groups in total. The number of rotatable bonds is 11.